The number of amides is 2. The number of thioether (sulfide) groups is 1. The second kappa shape index (κ2) is 10.00. The van der Waals surface area contributed by atoms with Crippen LogP contribution >= 0.6 is 11.8 Å². The first-order valence-corrected chi connectivity index (χ1v) is 12.7. The van der Waals surface area contributed by atoms with Crippen molar-refractivity contribution >= 4 is 46.0 Å². The van der Waals surface area contributed by atoms with Crippen LogP contribution < -0.4 is 20.7 Å². The summed E-state index contributed by atoms with van der Waals surface area (Å²) in [6.07, 6.45) is 1.57. The monoisotopic (exact) mass is 511 g/mol. The Labute approximate surface area is 211 Å². The number of ether oxygens (including phenoxy) is 1. The number of anilines is 2. The molecule has 1 fully saturated rings. The Kier molecular flexibility index (Phi) is 6.78. The summed E-state index contributed by atoms with van der Waals surface area (Å²) < 4.78 is 19.7. The van der Waals surface area contributed by atoms with E-state index in [1.807, 2.05) is 18.2 Å². The standard InChI is InChI=1S/C25H26FN5O4S/c1-35-21-6-5-14-3-2-4-17(22(14)31-21)29-24(33)25(34)9-7-15(8-10-25)27-12-18-16(26)11-19-23(28-18)30-20(32)13-36-19/h2-6,11,15,27,34H,7-10,12-13H2,1H3,(H,29,33)(H,28,30,32). The van der Waals surface area contributed by atoms with Crippen LogP contribution in [0.1, 0.15) is 31.4 Å². The van der Waals surface area contributed by atoms with Gasteiger partial charge >= 0.3 is 0 Å². The zero-order chi connectivity index (χ0) is 25.3. The topological polar surface area (TPSA) is 125 Å². The van der Waals surface area contributed by atoms with E-state index in [-0.39, 0.29) is 42.8 Å². The Morgan fingerprint density at radius 2 is 2.08 bits per heavy atom. The Morgan fingerprint density at radius 3 is 2.86 bits per heavy atom. The molecule has 0 radical (unpaired) electrons. The zero-order valence-corrected chi connectivity index (χ0v) is 20.5. The normalized spacial score (nSPS) is 21.5. The molecule has 1 aliphatic heterocycles. The van der Waals surface area contributed by atoms with E-state index in [1.165, 1.54) is 24.9 Å². The molecule has 3 aromatic rings. The smallest absolute Gasteiger partial charge is 0.256 e. The van der Waals surface area contributed by atoms with E-state index in [2.05, 4.69) is 25.9 Å². The average Bonchev–Trinajstić information content (AvgIpc) is 2.88. The van der Waals surface area contributed by atoms with Crippen LogP contribution in [-0.4, -0.2) is 51.4 Å². The minimum absolute atomic E-state index is 0.0113. The van der Waals surface area contributed by atoms with Gasteiger partial charge in [-0.15, -0.1) is 11.8 Å². The number of aromatic nitrogens is 2. The van der Waals surface area contributed by atoms with Crippen LogP contribution in [0.15, 0.2) is 41.3 Å². The molecule has 0 unspecified atom stereocenters. The molecule has 0 spiro atoms. The molecular formula is C25H26FN5O4S. The summed E-state index contributed by atoms with van der Waals surface area (Å²) in [6, 6.07) is 10.4. The molecule has 0 atom stereocenters. The highest BCUT2D eigenvalue weighted by Gasteiger charge is 2.40. The fourth-order valence-electron chi connectivity index (χ4n) is 4.50. The molecule has 11 heteroatoms. The molecule has 188 valence electrons. The predicted octanol–water partition coefficient (Wildman–Crippen LogP) is 3.22. The summed E-state index contributed by atoms with van der Waals surface area (Å²) in [6.45, 7) is 0.179. The Bertz CT molecular complexity index is 1330. The van der Waals surface area contributed by atoms with Gasteiger partial charge in [-0.3, -0.25) is 9.59 Å². The maximum absolute atomic E-state index is 14.5. The number of nitrogens with one attached hydrogen (secondary N) is 3. The van der Waals surface area contributed by atoms with E-state index < -0.39 is 17.3 Å². The van der Waals surface area contributed by atoms with Crippen LogP contribution in [0.3, 0.4) is 0 Å². The van der Waals surface area contributed by atoms with Crippen molar-refractivity contribution in [2.75, 3.05) is 23.5 Å². The lowest BCUT2D eigenvalue weighted by molar-refractivity contribution is -0.137. The quantitative estimate of drug-likeness (QED) is 0.398. The Balaban J connectivity index is 1.20. The summed E-state index contributed by atoms with van der Waals surface area (Å²) in [5.41, 5.74) is -0.215. The van der Waals surface area contributed by atoms with Crippen molar-refractivity contribution in [2.24, 2.45) is 0 Å². The second-order valence-corrected chi connectivity index (χ2v) is 9.99. The van der Waals surface area contributed by atoms with Crippen LogP contribution in [0.4, 0.5) is 15.9 Å². The number of halogens is 1. The fourth-order valence-corrected chi connectivity index (χ4v) is 5.27. The molecule has 5 rings (SSSR count). The van der Waals surface area contributed by atoms with Crippen molar-refractivity contribution in [3.8, 4) is 5.88 Å². The molecule has 1 saturated carbocycles. The number of nitrogens with zero attached hydrogens (tertiary/aromatic N) is 2. The third kappa shape index (κ3) is 4.99. The van der Waals surface area contributed by atoms with Gasteiger partial charge in [0.05, 0.1) is 34.7 Å². The molecule has 2 amide bonds. The van der Waals surface area contributed by atoms with Gasteiger partial charge in [0.1, 0.15) is 17.2 Å². The maximum Gasteiger partial charge on any atom is 0.256 e. The van der Waals surface area contributed by atoms with Gasteiger partial charge in [0.25, 0.3) is 5.91 Å². The van der Waals surface area contributed by atoms with E-state index >= 15 is 0 Å². The molecule has 1 aromatic carbocycles. The number of methoxy groups -OCH3 is 1. The van der Waals surface area contributed by atoms with E-state index in [9.17, 15) is 19.1 Å². The van der Waals surface area contributed by atoms with Gasteiger partial charge in [-0.2, -0.15) is 0 Å². The molecule has 0 saturated heterocycles. The molecule has 3 heterocycles. The highest BCUT2D eigenvalue weighted by Crippen LogP contribution is 2.33. The summed E-state index contributed by atoms with van der Waals surface area (Å²) in [5, 5.41) is 20.7. The molecule has 2 aliphatic rings. The van der Waals surface area contributed by atoms with Crippen molar-refractivity contribution in [3.05, 3.63) is 47.9 Å². The van der Waals surface area contributed by atoms with Crippen LogP contribution in [0.2, 0.25) is 0 Å². The van der Waals surface area contributed by atoms with Gasteiger partial charge in [-0.05, 0) is 43.9 Å². The molecule has 36 heavy (non-hydrogen) atoms. The molecule has 9 nitrogen and oxygen atoms in total. The molecule has 4 N–H and O–H groups in total. The minimum atomic E-state index is -1.52. The summed E-state index contributed by atoms with van der Waals surface area (Å²) >= 11 is 1.26. The lowest BCUT2D eigenvalue weighted by Gasteiger charge is -2.35. The maximum atomic E-state index is 14.5. The lowest BCUT2D eigenvalue weighted by atomic mass is 9.81. The second-order valence-electron chi connectivity index (χ2n) is 8.97. The summed E-state index contributed by atoms with van der Waals surface area (Å²) in [5.74, 6) is -0.0141. The van der Waals surface area contributed by atoms with Gasteiger partial charge in [0.2, 0.25) is 11.8 Å². The number of carbonyl (C=O) groups excluding carboxylic acids is 2. The van der Waals surface area contributed by atoms with E-state index in [1.54, 1.807) is 12.1 Å². The van der Waals surface area contributed by atoms with Crippen LogP contribution in [0, 0.1) is 5.82 Å². The number of aliphatic hydroxyl groups is 1. The van der Waals surface area contributed by atoms with Gasteiger partial charge in [-0.25, -0.2) is 14.4 Å². The number of hydrogen-bond donors (Lipinski definition) is 4. The third-order valence-corrected chi connectivity index (χ3v) is 7.60. The fraction of sp³-hybridized carbons (Fsp3) is 0.360. The van der Waals surface area contributed by atoms with Gasteiger partial charge in [0, 0.05) is 24.0 Å². The number of benzene rings is 1. The summed E-state index contributed by atoms with van der Waals surface area (Å²) in [4.78, 5) is 34.0. The number of carbonyl (C=O) groups is 2. The molecular weight excluding hydrogens is 485 g/mol. The first-order chi connectivity index (χ1) is 17.3. The minimum Gasteiger partial charge on any atom is -0.481 e. The lowest BCUT2D eigenvalue weighted by Crippen LogP contribution is -2.48. The zero-order valence-electron chi connectivity index (χ0n) is 19.6. The van der Waals surface area contributed by atoms with Crippen LogP contribution in [-0.2, 0) is 16.1 Å². The first-order valence-electron chi connectivity index (χ1n) is 11.7. The van der Waals surface area contributed by atoms with Crippen LogP contribution in [0.5, 0.6) is 5.88 Å². The highest BCUT2D eigenvalue weighted by atomic mass is 32.2. The van der Waals surface area contributed by atoms with Crippen molar-refractivity contribution < 1.29 is 23.8 Å². The van der Waals surface area contributed by atoms with Gasteiger partial charge in [0.15, 0.2) is 0 Å². The number of pyridine rings is 2. The Morgan fingerprint density at radius 1 is 1.28 bits per heavy atom. The predicted molar refractivity (Wildman–Crippen MR) is 135 cm³/mol. The molecule has 1 aliphatic carbocycles. The number of hydrogen-bond acceptors (Lipinski definition) is 8. The van der Waals surface area contributed by atoms with E-state index in [0.717, 1.165) is 5.39 Å². The SMILES string of the molecule is COc1ccc2cccc(NC(=O)C3(O)CCC(NCc4nc5c(cc4F)SCC(=O)N5)CC3)c2n1. The van der Waals surface area contributed by atoms with Gasteiger partial charge < -0.3 is 25.8 Å². The number of rotatable bonds is 6. The largest absolute Gasteiger partial charge is 0.481 e. The highest BCUT2D eigenvalue weighted by molar-refractivity contribution is 8.00. The van der Waals surface area contributed by atoms with Crippen molar-refractivity contribution in [2.45, 2.75) is 48.8 Å². The van der Waals surface area contributed by atoms with Crippen molar-refractivity contribution in [3.63, 3.8) is 0 Å². The average molecular weight is 512 g/mol. The number of para-hydroxylation sites is 1. The molecule has 2 aromatic heterocycles. The number of fused-ring (bicyclic) bond motifs is 2. The Hall–Kier alpha value is -3.28. The van der Waals surface area contributed by atoms with Crippen molar-refractivity contribution in [1.82, 2.24) is 15.3 Å². The molecule has 0 bridgehead atoms. The van der Waals surface area contributed by atoms with Crippen molar-refractivity contribution in [1.29, 1.82) is 0 Å². The van der Waals surface area contributed by atoms with Gasteiger partial charge in [-0.1, -0.05) is 12.1 Å². The van der Waals surface area contributed by atoms with Crippen LogP contribution in [0.25, 0.3) is 10.9 Å². The third-order valence-electron chi connectivity index (χ3n) is 6.58. The first kappa shape index (κ1) is 24.4. The summed E-state index contributed by atoms with van der Waals surface area (Å²) in [7, 11) is 1.53. The van der Waals surface area contributed by atoms with E-state index in [0.29, 0.717) is 40.6 Å². The van der Waals surface area contributed by atoms with E-state index in [4.69, 9.17) is 4.74 Å².